The van der Waals surface area contributed by atoms with Gasteiger partial charge in [-0.15, -0.1) is 0 Å². The van der Waals surface area contributed by atoms with Gasteiger partial charge in [0.1, 0.15) is 0 Å². The molecule has 104 valence electrons. The first-order valence-electron chi connectivity index (χ1n) is 7.43. The van der Waals surface area contributed by atoms with E-state index in [0.717, 1.165) is 31.6 Å². The lowest BCUT2D eigenvalue weighted by Gasteiger charge is -2.41. The largest absolute Gasteiger partial charge is 0.392 e. The van der Waals surface area contributed by atoms with Crippen LogP contribution in [0.2, 0.25) is 0 Å². The Morgan fingerprint density at radius 3 is 2.22 bits per heavy atom. The van der Waals surface area contributed by atoms with Gasteiger partial charge >= 0.3 is 0 Å². The summed E-state index contributed by atoms with van der Waals surface area (Å²) in [5.41, 5.74) is 5.61. The molecule has 0 spiro atoms. The molecule has 0 unspecified atom stereocenters. The van der Waals surface area contributed by atoms with E-state index in [-0.39, 0.29) is 0 Å². The van der Waals surface area contributed by atoms with Crippen LogP contribution in [0.1, 0.15) is 39.0 Å². The van der Waals surface area contributed by atoms with Gasteiger partial charge in [-0.2, -0.15) is 0 Å². The molecule has 0 aromatic rings. The molecule has 1 saturated heterocycles. The molecule has 0 amide bonds. The van der Waals surface area contributed by atoms with Crippen LogP contribution in [0, 0.1) is 5.92 Å². The van der Waals surface area contributed by atoms with Gasteiger partial charge in [0.15, 0.2) is 0 Å². The van der Waals surface area contributed by atoms with E-state index in [1.165, 1.54) is 45.2 Å². The molecule has 2 N–H and O–H groups in total. The molecule has 2 aliphatic rings. The van der Waals surface area contributed by atoms with E-state index in [0.29, 0.717) is 4.99 Å². The van der Waals surface area contributed by atoms with Gasteiger partial charge in [-0.3, -0.25) is 9.80 Å². The van der Waals surface area contributed by atoms with E-state index in [1.54, 1.807) is 0 Å². The minimum absolute atomic E-state index is 0.631. The monoisotopic (exact) mass is 269 g/mol. The summed E-state index contributed by atoms with van der Waals surface area (Å²) < 4.78 is 0. The number of piperazine rings is 1. The first kappa shape index (κ1) is 14.2. The van der Waals surface area contributed by atoms with Crippen molar-refractivity contribution in [1.29, 1.82) is 0 Å². The van der Waals surface area contributed by atoms with E-state index in [4.69, 9.17) is 18.0 Å². The molecule has 1 aliphatic heterocycles. The van der Waals surface area contributed by atoms with Crippen molar-refractivity contribution in [2.45, 2.75) is 45.1 Å². The van der Waals surface area contributed by atoms with Gasteiger partial charge in [0.25, 0.3) is 0 Å². The molecular weight excluding hydrogens is 242 g/mol. The molecule has 0 bridgehead atoms. The quantitative estimate of drug-likeness (QED) is 0.790. The van der Waals surface area contributed by atoms with E-state index >= 15 is 0 Å². The zero-order valence-electron chi connectivity index (χ0n) is 11.6. The average Bonchev–Trinajstić information content (AvgIpc) is 2.39. The fourth-order valence-electron chi connectivity index (χ4n) is 3.43. The average molecular weight is 269 g/mol. The van der Waals surface area contributed by atoms with Crippen LogP contribution < -0.4 is 5.73 Å². The molecule has 4 heteroatoms. The first-order chi connectivity index (χ1) is 8.69. The van der Waals surface area contributed by atoms with Crippen LogP contribution in [-0.4, -0.2) is 53.6 Å². The van der Waals surface area contributed by atoms with Gasteiger partial charge in [-0.1, -0.05) is 25.6 Å². The number of nitrogens with two attached hydrogens (primary N) is 1. The topological polar surface area (TPSA) is 32.5 Å². The number of thiocarbonyl (C=S) groups is 1. The fraction of sp³-hybridized carbons (Fsp3) is 0.929. The summed E-state index contributed by atoms with van der Waals surface area (Å²) in [4.78, 5) is 5.71. The lowest BCUT2D eigenvalue weighted by Crippen LogP contribution is -2.52. The van der Waals surface area contributed by atoms with Crippen LogP contribution in [0.15, 0.2) is 0 Å². The Morgan fingerprint density at radius 2 is 1.72 bits per heavy atom. The number of hydrogen-bond donors (Lipinski definition) is 1. The zero-order chi connectivity index (χ0) is 13.0. The highest BCUT2D eigenvalue weighted by Gasteiger charge is 2.27. The van der Waals surface area contributed by atoms with Crippen LogP contribution >= 0.6 is 12.2 Å². The second-order valence-corrected chi connectivity index (χ2v) is 6.39. The summed E-state index contributed by atoms with van der Waals surface area (Å²) >= 11 is 4.98. The molecule has 1 heterocycles. The van der Waals surface area contributed by atoms with E-state index < -0.39 is 0 Å². The number of rotatable bonds is 4. The Kier molecular flexibility index (Phi) is 5.39. The Hall–Kier alpha value is -0.190. The molecule has 1 saturated carbocycles. The van der Waals surface area contributed by atoms with Crippen molar-refractivity contribution in [1.82, 2.24) is 9.80 Å². The second-order valence-electron chi connectivity index (χ2n) is 5.86. The van der Waals surface area contributed by atoms with E-state index in [1.807, 2.05) is 0 Å². The van der Waals surface area contributed by atoms with Crippen LogP contribution in [0.3, 0.4) is 0 Å². The normalized spacial score (nSPS) is 31.4. The molecule has 3 nitrogen and oxygen atoms in total. The Bertz CT molecular complexity index is 266. The third-order valence-corrected chi connectivity index (χ3v) is 4.83. The highest BCUT2D eigenvalue weighted by atomic mass is 32.1. The van der Waals surface area contributed by atoms with Crippen molar-refractivity contribution in [3.63, 3.8) is 0 Å². The number of nitrogens with zero attached hydrogens (tertiary/aromatic N) is 2. The summed E-state index contributed by atoms with van der Waals surface area (Å²) in [6.45, 7) is 7.79. The van der Waals surface area contributed by atoms with Crippen molar-refractivity contribution in [3.05, 3.63) is 0 Å². The van der Waals surface area contributed by atoms with Crippen LogP contribution in [0.5, 0.6) is 0 Å². The molecule has 0 aromatic carbocycles. The highest BCUT2D eigenvalue weighted by molar-refractivity contribution is 7.80. The van der Waals surface area contributed by atoms with Gasteiger partial charge in [0.2, 0.25) is 0 Å². The predicted molar refractivity (Wildman–Crippen MR) is 80.8 cm³/mol. The van der Waals surface area contributed by atoms with Crippen molar-refractivity contribution in [3.8, 4) is 0 Å². The summed E-state index contributed by atoms with van der Waals surface area (Å²) in [5.74, 6) is 0.997. The summed E-state index contributed by atoms with van der Waals surface area (Å²) in [7, 11) is 0. The lowest BCUT2D eigenvalue weighted by molar-refractivity contribution is 0.0768. The Morgan fingerprint density at radius 1 is 1.11 bits per heavy atom. The third kappa shape index (κ3) is 3.90. The highest BCUT2D eigenvalue weighted by Crippen LogP contribution is 2.29. The van der Waals surface area contributed by atoms with Gasteiger partial charge < -0.3 is 5.73 Å². The molecule has 2 fully saturated rings. The minimum Gasteiger partial charge on any atom is -0.392 e. The molecule has 0 radical (unpaired) electrons. The number of hydrogen-bond acceptors (Lipinski definition) is 3. The Labute approximate surface area is 117 Å². The van der Waals surface area contributed by atoms with E-state index in [9.17, 15) is 0 Å². The van der Waals surface area contributed by atoms with Crippen molar-refractivity contribution in [2.24, 2.45) is 11.7 Å². The minimum atomic E-state index is 0.631. The fourth-order valence-corrected chi connectivity index (χ4v) is 3.61. The third-order valence-electron chi connectivity index (χ3n) is 4.70. The van der Waals surface area contributed by atoms with Gasteiger partial charge in [0, 0.05) is 38.8 Å². The molecule has 1 aliphatic carbocycles. The zero-order valence-corrected chi connectivity index (χ0v) is 12.4. The van der Waals surface area contributed by atoms with Gasteiger partial charge in [-0.05, 0) is 31.6 Å². The van der Waals surface area contributed by atoms with Crippen molar-refractivity contribution < 1.29 is 0 Å². The molecule has 18 heavy (non-hydrogen) atoms. The van der Waals surface area contributed by atoms with Crippen molar-refractivity contribution >= 4 is 17.2 Å². The van der Waals surface area contributed by atoms with E-state index in [2.05, 4.69) is 16.7 Å². The second kappa shape index (κ2) is 6.83. The summed E-state index contributed by atoms with van der Waals surface area (Å²) in [6, 6.07) is 0.847. The maximum absolute atomic E-state index is 5.61. The van der Waals surface area contributed by atoms with Crippen LogP contribution in [0.4, 0.5) is 0 Å². The Balaban J connectivity index is 1.71. The first-order valence-corrected chi connectivity index (χ1v) is 7.84. The van der Waals surface area contributed by atoms with Crippen LogP contribution in [0.25, 0.3) is 0 Å². The standard InChI is InChI=1S/C14H27N3S/c1-2-12-3-5-13(6-4-12)17-9-7-16(8-10-17)11-14(15)18/h12-13H,2-11H2,1H3,(H2,15,18). The summed E-state index contributed by atoms with van der Waals surface area (Å²) in [5, 5.41) is 0. The molecule has 0 atom stereocenters. The molecule has 0 aromatic heterocycles. The van der Waals surface area contributed by atoms with Crippen molar-refractivity contribution in [2.75, 3.05) is 32.7 Å². The maximum Gasteiger partial charge on any atom is 0.0870 e. The lowest BCUT2D eigenvalue weighted by atomic mass is 9.84. The van der Waals surface area contributed by atoms with Gasteiger partial charge in [-0.25, -0.2) is 0 Å². The molecule has 2 rings (SSSR count). The SMILES string of the molecule is CCC1CCC(N2CCN(CC(N)=S)CC2)CC1. The predicted octanol–water partition coefficient (Wildman–Crippen LogP) is 1.86. The molecular formula is C14H27N3S. The summed E-state index contributed by atoms with van der Waals surface area (Å²) in [6.07, 6.45) is 7.07. The van der Waals surface area contributed by atoms with Gasteiger partial charge in [0.05, 0.1) is 4.99 Å². The maximum atomic E-state index is 5.61. The smallest absolute Gasteiger partial charge is 0.0870 e. The van der Waals surface area contributed by atoms with Crippen LogP contribution in [-0.2, 0) is 0 Å².